The maximum atomic E-state index is 2.75. The molecule has 0 aromatic rings. The molecule has 1 aliphatic carbocycles. The van der Waals surface area contributed by atoms with Crippen LogP contribution in [0.1, 0.15) is 66.2 Å². The molecular formula is C21H41N3. The van der Waals surface area contributed by atoms with E-state index in [1.165, 1.54) is 84.3 Å². The van der Waals surface area contributed by atoms with Crippen molar-refractivity contribution in [1.29, 1.82) is 0 Å². The summed E-state index contributed by atoms with van der Waals surface area (Å²) in [4.78, 5) is 8.07. The third-order valence-electron chi connectivity index (χ3n) is 7.41. The van der Waals surface area contributed by atoms with E-state index < -0.39 is 0 Å². The smallest absolute Gasteiger partial charge is 0.0113 e. The first kappa shape index (κ1) is 18.7. The summed E-state index contributed by atoms with van der Waals surface area (Å²) in [5, 5.41) is 0. The largest absolute Gasteiger partial charge is 0.301 e. The van der Waals surface area contributed by atoms with Crippen molar-refractivity contribution in [1.82, 2.24) is 14.7 Å². The van der Waals surface area contributed by atoms with Crippen LogP contribution in [-0.2, 0) is 0 Å². The summed E-state index contributed by atoms with van der Waals surface area (Å²) in [7, 11) is 0. The molecule has 0 aromatic carbocycles. The lowest BCUT2D eigenvalue weighted by Crippen LogP contribution is -2.50. The van der Waals surface area contributed by atoms with Gasteiger partial charge in [-0.3, -0.25) is 4.90 Å². The van der Waals surface area contributed by atoms with Crippen molar-refractivity contribution >= 4 is 0 Å². The fraction of sp³-hybridized carbons (Fsp3) is 1.00. The first-order chi connectivity index (χ1) is 11.5. The lowest BCUT2D eigenvalue weighted by molar-refractivity contribution is 0.0274. The van der Waals surface area contributed by atoms with Gasteiger partial charge in [-0.05, 0) is 90.6 Å². The summed E-state index contributed by atoms with van der Waals surface area (Å²) in [6.07, 6.45) is 8.93. The van der Waals surface area contributed by atoms with Gasteiger partial charge < -0.3 is 9.80 Å². The van der Waals surface area contributed by atoms with E-state index in [1.54, 1.807) is 0 Å². The molecule has 0 unspecified atom stereocenters. The Morgan fingerprint density at radius 3 is 1.71 bits per heavy atom. The van der Waals surface area contributed by atoms with Crippen molar-refractivity contribution in [2.24, 2.45) is 11.3 Å². The maximum Gasteiger partial charge on any atom is 0.0113 e. The minimum Gasteiger partial charge on any atom is -0.301 e. The molecule has 1 spiro atoms. The average Bonchev–Trinajstić information content (AvgIpc) is 2.58. The number of hydrogen-bond donors (Lipinski definition) is 0. The van der Waals surface area contributed by atoms with E-state index in [1.807, 2.05) is 0 Å². The number of likely N-dealkylation sites (tertiary alicyclic amines) is 1. The van der Waals surface area contributed by atoms with Crippen LogP contribution in [0.4, 0.5) is 0 Å². The summed E-state index contributed by atoms with van der Waals surface area (Å²) >= 11 is 0. The van der Waals surface area contributed by atoms with Gasteiger partial charge in [0.1, 0.15) is 0 Å². The molecule has 0 atom stereocenters. The number of piperidine rings is 1. The Morgan fingerprint density at radius 2 is 1.21 bits per heavy atom. The molecule has 3 fully saturated rings. The SMILES string of the molecule is CC(C)N1CCN(CC2CCC3(CC2)CCN(C(C)C)CC3)CC1. The van der Waals surface area contributed by atoms with Crippen LogP contribution < -0.4 is 0 Å². The van der Waals surface area contributed by atoms with Gasteiger partial charge in [0.2, 0.25) is 0 Å². The van der Waals surface area contributed by atoms with E-state index in [0.717, 1.165) is 23.4 Å². The lowest BCUT2D eigenvalue weighted by atomic mass is 9.65. The zero-order valence-corrected chi connectivity index (χ0v) is 16.8. The molecule has 0 N–H and O–H groups in total. The Balaban J connectivity index is 1.39. The first-order valence-corrected chi connectivity index (χ1v) is 10.7. The number of piperazine rings is 1. The third-order valence-corrected chi connectivity index (χ3v) is 7.41. The third kappa shape index (κ3) is 4.53. The lowest BCUT2D eigenvalue weighted by Gasteiger charge is -2.48. The Hall–Kier alpha value is -0.120. The van der Waals surface area contributed by atoms with E-state index in [4.69, 9.17) is 0 Å². The number of hydrogen-bond acceptors (Lipinski definition) is 3. The summed E-state index contributed by atoms with van der Waals surface area (Å²) in [6.45, 7) is 18.6. The van der Waals surface area contributed by atoms with Gasteiger partial charge in [0.05, 0.1) is 0 Å². The normalized spacial score (nSPS) is 28.2. The molecule has 3 nitrogen and oxygen atoms in total. The van der Waals surface area contributed by atoms with Crippen LogP contribution in [0, 0.1) is 11.3 Å². The van der Waals surface area contributed by atoms with Gasteiger partial charge in [-0.1, -0.05) is 0 Å². The van der Waals surface area contributed by atoms with Crippen molar-refractivity contribution in [3.8, 4) is 0 Å². The van der Waals surface area contributed by atoms with Crippen LogP contribution in [0.25, 0.3) is 0 Å². The quantitative estimate of drug-likeness (QED) is 0.776. The van der Waals surface area contributed by atoms with E-state index in [-0.39, 0.29) is 0 Å². The second-order valence-corrected chi connectivity index (χ2v) is 9.50. The highest BCUT2D eigenvalue weighted by atomic mass is 15.3. The van der Waals surface area contributed by atoms with Gasteiger partial charge in [0.25, 0.3) is 0 Å². The van der Waals surface area contributed by atoms with Gasteiger partial charge in [0.15, 0.2) is 0 Å². The molecule has 2 aliphatic heterocycles. The highest BCUT2D eigenvalue weighted by molar-refractivity contribution is 4.91. The van der Waals surface area contributed by atoms with Crippen LogP contribution in [0.3, 0.4) is 0 Å². The summed E-state index contributed by atoms with van der Waals surface area (Å²) in [5.74, 6) is 0.976. The minimum absolute atomic E-state index is 0.720. The molecule has 3 heteroatoms. The van der Waals surface area contributed by atoms with Gasteiger partial charge in [-0.2, -0.15) is 0 Å². The van der Waals surface area contributed by atoms with Gasteiger partial charge in [-0.15, -0.1) is 0 Å². The minimum atomic E-state index is 0.720. The molecule has 24 heavy (non-hydrogen) atoms. The van der Waals surface area contributed by atoms with Crippen molar-refractivity contribution in [2.45, 2.75) is 78.3 Å². The maximum absolute atomic E-state index is 2.75. The molecule has 2 saturated heterocycles. The molecule has 3 rings (SSSR count). The number of nitrogens with zero attached hydrogens (tertiary/aromatic N) is 3. The van der Waals surface area contributed by atoms with Crippen LogP contribution in [0.5, 0.6) is 0 Å². The van der Waals surface area contributed by atoms with Crippen LogP contribution >= 0.6 is 0 Å². The van der Waals surface area contributed by atoms with Gasteiger partial charge in [-0.25, -0.2) is 0 Å². The topological polar surface area (TPSA) is 9.72 Å². The molecule has 2 heterocycles. The summed E-state index contributed by atoms with van der Waals surface area (Å²) in [6, 6.07) is 1.46. The second-order valence-electron chi connectivity index (χ2n) is 9.50. The van der Waals surface area contributed by atoms with Crippen molar-refractivity contribution in [3.05, 3.63) is 0 Å². The van der Waals surface area contributed by atoms with Crippen molar-refractivity contribution < 1.29 is 0 Å². The van der Waals surface area contributed by atoms with E-state index in [2.05, 4.69) is 42.4 Å². The standard InChI is InChI=1S/C21H41N3/c1-18(2)23-11-9-21(10-12-23)7-5-20(6-8-21)17-22-13-15-24(16-14-22)19(3)4/h18-20H,5-17H2,1-4H3. The predicted octanol–water partition coefficient (Wildman–Crippen LogP) is 3.69. The molecule has 1 saturated carbocycles. The summed E-state index contributed by atoms with van der Waals surface area (Å²) < 4.78 is 0. The molecule has 0 aromatic heterocycles. The molecular weight excluding hydrogens is 294 g/mol. The Morgan fingerprint density at radius 1 is 0.708 bits per heavy atom. The van der Waals surface area contributed by atoms with Gasteiger partial charge in [0, 0.05) is 44.8 Å². The number of rotatable bonds is 4. The van der Waals surface area contributed by atoms with Crippen LogP contribution in [-0.4, -0.2) is 72.6 Å². The zero-order valence-electron chi connectivity index (χ0n) is 16.8. The average molecular weight is 336 g/mol. The highest BCUT2D eigenvalue weighted by Gasteiger charge is 2.38. The fourth-order valence-electron chi connectivity index (χ4n) is 5.31. The van der Waals surface area contributed by atoms with Crippen LogP contribution in [0.2, 0.25) is 0 Å². The molecule has 0 amide bonds. The molecule has 140 valence electrons. The van der Waals surface area contributed by atoms with Crippen molar-refractivity contribution in [3.63, 3.8) is 0 Å². The van der Waals surface area contributed by atoms with Crippen molar-refractivity contribution in [2.75, 3.05) is 45.8 Å². The fourth-order valence-corrected chi connectivity index (χ4v) is 5.31. The highest BCUT2D eigenvalue weighted by Crippen LogP contribution is 2.46. The van der Waals surface area contributed by atoms with Gasteiger partial charge >= 0.3 is 0 Å². The Labute approximate surface area is 150 Å². The molecule has 3 aliphatic rings. The summed E-state index contributed by atoms with van der Waals surface area (Å²) in [5.41, 5.74) is 0.720. The zero-order chi connectivity index (χ0) is 17.2. The Kier molecular flexibility index (Phi) is 6.26. The molecule has 0 bridgehead atoms. The van der Waals surface area contributed by atoms with E-state index in [0.29, 0.717) is 0 Å². The molecule has 0 radical (unpaired) electrons. The van der Waals surface area contributed by atoms with Crippen LogP contribution in [0.15, 0.2) is 0 Å². The predicted molar refractivity (Wildman–Crippen MR) is 103 cm³/mol. The Bertz CT molecular complexity index is 367. The van der Waals surface area contributed by atoms with E-state index in [9.17, 15) is 0 Å². The second kappa shape index (κ2) is 8.05. The van der Waals surface area contributed by atoms with E-state index >= 15 is 0 Å². The monoisotopic (exact) mass is 335 g/mol. The first-order valence-electron chi connectivity index (χ1n) is 10.7.